The maximum Gasteiger partial charge on any atom is 0.287 e. The number of amides is 1. The van der Waals surface area contributed by atoms with E-state index >= 15 is 0 Å². The van der Waals surface area contributed by atoms with Crippen molar-refractivity contribution >= 4 is 17.4 Å². The molecule has 1 aromatic heterocycles. The van der Waals surface area contributed by atoms with Gasteiger partial charge in [0.25, 0.3) is 5.69 Å². The van der Waals surface area contributed by atoms with Gasteiger partial charge in [0.05, 0.1) is 11.0 Å². The van der Waals surface area contributed by atoms with Gasteiger partial charge in [-0.05, 0) is 24.8 Å². The molecular formula is C15H23N5O3. The highest BCUT2D eigenvalue weighted by atomic mass is 16.6. The number of aromatic nitrogens is 1. The molecule has 126 valence electrons. The minimum Gasteiger partial charge on any atom is -0.365 e. The Hall–Kier alpha value is -2.22. The van der Waals surface area contributed by atoms with Crippen LogP contribution in [0.3, 0.4) is 0 Å². The summed E-state index contributed by atoms with van der Waals surface area (Å²) in [6.45, 7) is 5.32. The Balaban J connectivity index is 1.87. The van der Waals surface area contributed by atoms with Crippen molar-refractivity contribution in [1.29, 1.82) is 0 Å². The molecule has 0 radical (unpaired) electrons. The molecule has 2 atom stereocenters. The normalized spacial score (nSPS) is 19.0. The Labute approximate surface area is 135 Å². The third-order valence-electron chi connectivity index (χ3n) is 3.85. The Morgan fingerprint density at radius 3 is 2.87 bits per heavy atom. The van der Waals surface area contributed by atoms with Crippen molar-refractivity contribution in [2.24, 2.45) is 11.7 Å². The highest BCUT2D eigenvalue weighted by Gasteiger charge is 2.29. The first kappa shape index (κ1) is 17.1. The Bertz CT molecular complexity index is 561. The molecule has 1 saturated heterocycles. The average molecular weight is 321 g/mol. The van der Waals surface area contributed by atoms with Crippen LogP contribution in [0.25, 0.3) is 0 Å². The maximum atomic E-state index is 12.3. The molecule has 0 aliphatic carbocycles. The largest absolute Gasteiger partial charge is 0.365 e. The predicted octanol–water partition coefficient (Wildman–Crippen LogP) is 1.38. The van der Waals surface area contributed by atoms with Gasteiger partial charge in [0.15, 0.2) is 0 Å². The molecule has 2 heterocycles. The van der Waals surface area contributed by atoms with Crippen molar-refractivity contribution in [3.63, 3.8) is 0 Å². The van der Waals surface area contributed by atoms with Gasteiger partial charge in [-0.15, -0.1) is 0 Å². The number of anilines is 1. The summed E-state index contributed by atoms with van der Waals surface area (Å²) in [5.74, 6) is 0.941. The van der Waals surface area contributed by atoms with Crippen molar-refractivity contribution in [2.45, 2.75) is 38.8 Å². The summed E-state index contributed by atoms with van der Waals surface area (Å²) in [4.78, 5) is 28.2. The fourth-order valence-corrected chi connectivity index (χ4v) is 2.71. The van der Waals surface area contributed by atoms with E-state index in [2.05, 4.69) is 10.3 Å². The second-order valence-electron chi connectivity index (χ2n) is 6.31. The summed E-state index contributed by atoms with van der Waals surface area (Å²) >= 11 is 0. The summed E-state index contributed by atoms with van der Waals surface area (Å²) in [5, 5.41) is 13.8. The molecule has 3 N–H and O–H groups in total. The standard InChI is InChI=1S/C15H23N5O3/c1-10(2)7-13(16)15(21)19-6-5-11(9-19)18-14-4-3-12(8-17-14)20(22)23/h3-4,8,10-11,13H,5-7,9,16H2,1-2H3,(H,17,18)/t11?,13-/m0/s1. The van der Waals surface area contributed by atoms with Gasteiger partial charge in [0.1, 0.15) is 12.0 Å². The fourth-order valence-electron chi connectivity index (χ4n) is 2.71. The lowest BCUT2D eigenvalue weighted by Gasteiger charge is -2.22. The smallest absolute Gasteiger partial charge is 0.287 e. The minimum atomic E-state index is -0.483. The first-order valence-corrected chi connectivity index (χ1v) is 7.78. The van der Waals surface area contributed by atoms with Crippen LogP contribution in [0.4, 0.5) is 11.5 Å². The van der Waals surface area contributed by atoms with E-state index in [-0.39, 0.29) is 17.6 Å². The van der Waals surface area contributed by atoms with Gasteiger partial charge >= 0.3 is 0 Å². The van der Waals surface area contributed by atoms with Crippen molar-refractivity contribution in [3.8, 4) is 0 Å². The number of nitrogens with zero attached hydrogens (tertiary/aromatic N) is 3. The lowest BCUT2D eigenvalue weighted by atomic mass is 10.0. The molecule has 0 spiro atoms. The lowest BCUT2D eigenvalue weighted by Crippen LogP contribution is -2.44. The summed E-state index contributed by atoms with van der Waals surface area (Å²) in [7, 11) is 0. The Kier molecular flexibility index (Phi) is 5.49. The van der Waals surface area contributed by atoms with Crippen LogP contribution in [0, 0.1) is 16.0 Å². The van der Waals surface area contributed by atoms with Gasteiger partial charge in [-0.1, -0.05) is 13.8 Å². The quantitative estimate of drug-likeness (QED) is 0.604. The monoisotopic (exact) mass is 321 g/mol. The van der Waals surface area contributed by atoms with Gasteiger partial charge in [0, 0.05) is 25.2 Å². The first-order chi connectivity index (χ1) is 10.9. The minimum absolute atomic E-state index is 0.0142. The molecule has 1 unspecified atom stereocenters. The number of nitrogens with two attached hydrogens (primary N) is 1. The van der Waals surface area contributed by atoms with Gasteiger partial charge in [0.2, 0.25) is 5.91 Å². The zero-order chi connectivity index (χ0) is 17.0. The topological polar surface area (TPSA) is 114 Å². The number of pyridine rings is 1. The van der Waals surface area contributed by atoms with E-state index in [0.717, 1.165) is 6.42 Å². The van der Waals surface area contributed by atoms with E-state index in [1.54, 1.807) is 11.0 Å². The Morgan fingerprint density at radius 2 is 2.30 bits per heavy atom. The van der Waals surface area contributed by atoms with E-state index in [1.165, 1.54) is 12.3 Å². The molecule has 1 fully saturated rings. The third-order valence-corrected chi connectivity index (χ3v) is 3.85. The third kappa shape index (κ3) is 4.62. The summed E-state index contributed by atoms with van der Waals surface area (Å²) in [6, 6.07) is 2.61. The van der Waals surface area contributed by atoms with Crippen molar-refractivity contribution in [1.82, 2.24) is 9.88 Å². The lowest BCUT2D eigenvalue weighted by molar-refractivity contribution is -0.385. The van der Waals surface area contributed by atoms with E-state index < -0.39 is 11.0 Å². The van der Waals surface area contributed by atoms with Gasteiger partial charge in [-0.2, -0.15) is 0 Å². The van der Waals surface area contributed by atoms with Crippen LogP contribution in [-0.4, -0.2) is 45.9 Å². The van der Waals surface area contributed by atoms with Crippen LogP contribution >= 0.6 is 0 Å². The second-order valence-corrected chi connectivity index (χ2v) is 6.31. The van der Waals surface area contributed by atoms with Gasteiger partial charge in [-0.25, -0.2) is 4.98 Å². The molecule has 0 bridgehead atoms. The van der Waals surface area contributed by atoms with Crippen LogP contribution < -0.4 is 11.1 Å². The highest BCUT2D eigenvalue weighted by molar-refractivity contribution is 5.82. The molecule has 1 aliphatic heterocycles. The van der Waals surface area contributed by atoms with Crippen LogP contribution in [0.2, 0.25) is 0 Å². The summed E-state index contributed by atoms with van der Waals surface area (Å²) < 4.78 is 0. The number of likely N-dealkylation sites (tertiary alicyclic amines) is 1. The molecule has 23 heavy (non-hydrogen) atoms. The molecule has 8 heteroatoms. The average Bonchev–Trinajstić information content (AvgIpc) is 2.94. The number of rotatable bonds is 6. The van der Waals surface area contributed by atoms with Crippen molar-refractivity contribution in [3.05, 3.63) is 28.4 Å². The number of hydrogen-bond donors (Lipinski definition) is 2. The van der Waals surface area contributed by atoms with Crippen LogP contribution in [-0.2, 0) is 4.79 Å². The van der Waals surface area contributed by atoms with Crippen molar-refractivity contribution < 1.29 is 9.72 Å². The fraction of sp³-hybridized carbons (Fsp3) is 0.600. The van der Waals surface area contributed by atoms with Crippen molar-refractivity contribution in [2.75, 3.05) is 18.4 Å². The SMILES string of the molecule is CC(C)C[C@H](N)C(=O)N1CCC(Nc2ccc([N+](=O)[O-])cn2)C1. The summed E-state index contributed by atoms with van der Waals surface area (Å²) in [5.41, 5.74) is 5.91. The van der Waals surface area contributed by atoms with Gasteiger partial charge < -0.3 is 16.0 Å². The molecule has 1 aromatic rings. The van der Waals surface area contributed by atoms with Gasteiger partial charge in [-0.3, -0.25) is 14.9 Å². The number of nitro groups is 1. The van der Waals surface area contributed by atoms with Crippen LogP contribution in [0.5, 0.6) is 0 Å². The van der Waals surface area contributed by atoms with Crippen LogP contribution in [0.1, 0.15) is 26.7 Å². The number of hydrogen-bond acceptors (Lipinski definition) is 6. The number of carbonyl (C=O) groups is 1. The molecule has 1 amide bonds. The zero-order valence-electron chi connectivity index (χ0n) is 13.4. The highest BCUT2D eigenvalue weighted by Crippen LogP contribution is 2.18. The predicted molar refractivity (Wildman–Crippen MR) is 86.9 cm³/mol. The van der Waals surface area contributed by atoms with E-state index in [4.69, 9.17) is 5.73 Å². The maximum absolute atomic E-state index is 12.3. The Morgan fingerprint density at radius 1 is 1.57 bits per heavy atom. The van der Waals surface area contributed by atoms with E-state index in [9.17, 15) is 14.9 Å². The number of nitrogens with one attached hydrogen (secondary N) is 1. The van der Waals surface area contributed by atoms with E-state index in [0.29, 0.717) is 31.2 Å². The number of carbonyl (C=O) groups excluding carboxylic acids is 1. The molecule has 8 nitrogen and oxygen atoms in total. The molecule has 0 saturated carbocycles. The molecule has 0 aromatic carbocycles. The van der Waals surface area contributed by atoms with Crippen LogP contribution in [0.15, 0.2) is 18.3 Å². The first-order valence-electron chi connectivity index (χ1n) is 7.78. The molecule has 2 rings (SSSR count). The summed E-state index contributed by atoms with van der Waals surface area (Å²) in [6.07, 6.45) is 2.70. The molecule has 1 aliphatic rings. The van der Waals surface area contributed by atoms with E-state index in [1.807, 2.05) is 13.8 Å². The zero-order valence-corrected chi connectivity index (χ0v) is 13.4. The second kappa shape index (κ2) is 7.36. The molecular weight excluding hydrogens is 298 g/mol.